The normalized spacial score (nSPS) is 10.7. The Kier molecular flexibility index (Phi) is 7.35. The van der Waals surface area contributed by atoms with Gasteiger partial charge in [-0.1, -0.05) is 48.0 Å². The molecule has 3 aromatic carbocycles. The molecule has 0 bridgehead atoms. The second-order valence-corrected chi connectivity index (χ2v) is 6.98. The second kappa shape index (κ2) is 10.4. The van der Waals surface area contributed by atoms with Crippen molar-refractivity contribution < 1.29 is 18.7 Å². The number of anilines is 1. The lowest BCUT2D eigenvalue weighted by atomic mass is 10.2. The fourth-order valence-electron chi connectivity index (χ4n) is 2.54. The Morgan fingerprint density at radius 3 is 2.65 bits per heavy atom. The number of carbonyl (C=O) groups excluding carboxylic acids is 2. The van der Waals surface area contributed by atoms with Gasteiger partial charge in [0, 0.05) is 16.3 Å². The van der Waals surface area contributed by atoms with Gasteiger partial charge < -0.3 is 10.1 Å². The maximum atomic E-state index is 13.7. The minimum absolute atomic E-state index is 0.0766. The van der Waals surface area contributed by atoms with Crippen molar-refractivity contribution >= 4 is 35.3 Å². The zero-order chi connectivity index (χ0) is 22.2. The molecule has 6 nitrogen and oxygen atoms in total. The molecule has 0 heterocycles. The van der Waals surface area contributed by atoms with Crippen LogP contribution in [-0.2, 0) is 16.2 Å². The standard InChI is InChI=1S/C23H19ClFN3O3/c1-15-9-10-18(12-20(15)24)27-22(29)23(30)28-26-13-16-5-4-7-19(11-16)31-14-17-6-2-3-8-21(17)25/h2-13H,14H2,1H3,(H,27,29)(H,28,30)/b26-13+. The molecule has 0 fully saturated rings. The van der Waals surface area contributed by atoms with Gasteiger partial charge in [0.05, 0.1) is 6.21 Å². The van der Waals surface area contributed by atoms with Gasteiger partial charge in [0.15, 0.2) is 0 Å². The van der Waals surface area contributed by atoms with Gasteiger partial charge in [-0.2, -0.15) is 5.10 Å². The predicted molar refractivity (Wildman–Crippen MR) is 118 cm³/mol. The number of nitrogens with one attached hydrogen (secondary N) is 2. The minimum atomic E-state index is -0.931. The number of rotatable bonds is 6. The molecule has 3 rings (SSSR count). The molecule has 0 saturated heterocycles. The van der Waals surface area contributed by atoms with Crippen LogP contribution in [0.5, 0.6) is 5.75 Å². The third-order valence-corrected chi connectivity index (χ3v) is 4.63. The summed E-state index contributed by atoms with van der Waals surface area (Å²) in [5.41, 5.74) is 4.48. The number of carbonyl (C=O) groups is 2. The summed E-state index contributed by atoms with van der Waals surface area (Å²) in [4.78, 5) is 23.9. The van der Waals surface area contributed by atoms with Gasteiger partial charge in [0.2, 0.25) is 0 Å². The monoisotopic (exact) mass is 439 g/mol. The molecule has 0 unspecified atom stereocenters. The Balaban J connectivity index is 1.53. The average Bonchev–Trinajstić information content (AvgIpc) is 2.76. The molecule has 0 saturated carbocycles. The molecule has 0 aliphatic carbocycles. The van der Waals surface area contributed by atoms with Crippen LogP contribution < -0.4 is 15.5 Å². The first-order chi connectivity index (χ1) is 14.9. The van der Waals surface area contributed by atoms with Gasteiger partial charge in [-0.25, -0.2) is 9.82 Å². The number of hydrogen-bond acceptors (Lipinski definition) is 4. The van der Waals surface area contributed by atoms with Crippen LogP contribution in [-0.4, -0.2) is 18.0 Å². The van der Waals surface area contributed by atoms with E-state index in [9.17, 15) is 14.0 Å². The largest absolute Gasteiger partial charge is 0.489 e. The first-order valence-electron chi connectivity index (χ1n) is 9.29. The fourth-order valence-corrected chi connectivity index (χ4v) is 2.72. The van der Waals surface area contributed by atoms with Gasteiger partial charge in [-0.15, -0.1) is 0 Å². The molecule has 2 amide bonds. The Bertz CT molecular complexity index is 1130. The van der Waals surface area contributed by atoms with Crippen LogP contribution in [0.2, 0.25) is 5.02 Å². The number of hydrogen-bond donors (Lipinski definition) is 2. The summed E-state index contributed by atoms with van der Waals surface area (Å²) in [6.07, 6.45) is 1.36. The minimum Gasteiger partial charge on any atom is -0.489 e. The zero-order valence-electron chi connectivity index (χ0n) is 16.6. The Hall–Kier alpha value is -3.71. The van der Waals surface area contributed by atoms with E-state index < -0.39 is 11.8 Å². The lowest BCUT2D eigenvalue weighted by molar-refractivity contribution is -0.136. The zero-order valence-corrected chi connectivity index (χ0v) is 17.3. The summed E-state index contributed by atoms with van der Waals surface area (Å²) in [6.45, 7) is 1.91. The number of aryl methyl sites for hydroxylation is 1. The third kappa shape index (κ3) is 6.38. The number of amides is 2. The van der Waals surface area contributed by atoms with Crippen LogP contribution in [0.3, 0.4) is 0 Å². The van der Waals surface area contributed by atoms with Crippen molar-refractivity contribution in [3.05, 3.63) is 94.3 Å². The van der Waals surface area contributed by atoms with E-state index in [1.807, 2.05) is 6.92 Å². The molecule has 31 heavy (non-hydrogen) atoms. The molecule has 3 aromatic rings. The first-order valence-corrected chi connectivity index (χ1v) is 9.67. The van der Waals surface area contributed by atoms with E-state index in [2.05, 4.69) is 15.8 Å². The van der Waals surface area contributed by atoms with E-state index in [0.717, 1.165) is 5.56 Å². The van der Waals surface area contributed by atoms with Gasteiger partial charge in [0.25, 0.3) is 0 Å². The van der Waals surface area contributed by atoms with Crippen LogP contribution in [0.25, 0.3) is 0 Å². The summed E-state index contributed by atoms with van der Waals surface area (Å²) in [7, 11) is 0. The molecule has 0 spiro atoms. The van der Waals surface area contributed by atoms with Crippen molar-refractivity contribution in [3.8, 4) is 5.75 Å². The second-order valence-electron chi connectivity index (χ2n) is 6.57. The van der Waals surface area contributed by atoms with E-state index in [1.54, 1.807) is 60.7 Å². The van der Waals surface area contributed by atoms with Crippen molar-refractivity contribution in [3.63, 3.8) is 0 Å². The highest BCUT2D eigenvalue weighted by molar-refractivity contribution is 6.39. The van der Waals surface area contributed by atoms with Crippen LogP contribution in [0.4, 0.5) is 10.1 Å². The van der Waals surface area contributed by atoms with Crippen molar-refractivity contribution in [2.75, 3.05) is 5.32 Å². The van der Waals surface area contributed by atoms with E-state index in [1.165, 1.54) is 12.3 Å². The van der Waals surface area contributed by atoms with E-state index in [4.69, 9.17) is 16.3 Å². The fraction of sp³-hybridized carbons (Fsp3) is 0.0870. The molecule has 8 heteroatoms. The van der Waals surface area contributed by atoms with E-state index in [0.29, 0.717) is 27.6 Å². The van der Waals surface area contributed by atoms with Gasteiger partial charge >= 0.3 is 11.8 Å². The van der Waals surface area contributed by atoms with Crippen LogP contribution in [0, 0.1) is 12.7 Å². The molecule has 0 radical (unpaired) electrons. The highest BCUT2D eigenvalue weighted by Gasteiger charge is 2.13. The molecule has 0 aliphatic heterocycles. The van der Waals surface area contributed by atoms with E-state index in [-0.39, 0.29) is 12.4 Å². The number of nitrogens with zero attached hydrogens (tertiary/aromatic N) is 1. The Morgan fingerprint density at radius 1 is 1.06 bits per heavy atom. The number of hydrazone groups is 1. The Morgan fingerprint density at radius 2 is 1.87 bits per heavy atom. The molecule has 0 aliphatic rings. The molecular weight excluding hydrogens is 421 g/mol. The molecule has 2 N–H and O–H groups in total. The average molecular weight is 440 g/mol. The topological polar surface area (TPSA) is 79.8 Å². The lowest BCUT2D eigenvalue weighted by Gasteiger charge is -2.07. The summed E-state index contributed by atoms with van der Waals surface area (Å²) >= 11 is 6.00. The van der Waals surface area contributed by atoms with Crippen molar-refractivity contribution in [2.45, 2.75) is 13.5 Å². The highest BCUT2D eigenvalue weighted by atomic mass is 35.5. The quantitative estimate of drug-likeness (QED) is 0.338. The molecule has 158 valence electrons. The summed E-state index contributed by atoms with van der Waals surface area (Å²) < 4.78 is 19.3. The summed E-state index contributed by atoms with van der Waals surface area (Å²) in [5, 5.41) is 6.71. The maximum Gasteiger partial charge on any atom is 0.329 e. The van der Waals surface area contributed by atoms with E-state index >= 15 is 0 Å². The van der Waals surface area contributed by atoms with Crippen LogP contribution in [0.1, 0.15) is 16.7 Å². The maximum absolute atomic E-state index is 13.7. The third-order valence-electron chi connectivity index (χ3n) is 4.23. The predicted octanol–water partition coefficient (Wildman–Crippen LogP) is 4.46. The molecular formula is C23H19ClFN3O3. The Labute approximate surface area is 183 Å². The number of benzene rings is 3. The number of halogens is 2. The van der Waals surface area contributed by atoms with Crippen LogP contribution >= 0.6 is 11.6 Å². The SMILES string of the molecule is Cc1ccc(NC(=O)C(=O)N/N=C/c2cccc(OCc3ccccc3F)c2)cc1Cl. The highest BCUT2D eigenvalue weighted by Crippen LogP contribution is 2.20. The first kappa shape index (κ1) is 22.0. The van der Waals surface area contributed by atoms with Gasteiger partial charge in [0.1, 0.15) is 18.2 Å². The van der Waals surface area contributed by atoms with Crippen LogP contribution in [0.15, 0.2) is 71.8 Å². The summed E-state index contributed by atoms with van der Waals surface area (Å²) in [6, 6.07) is 18.1. The summed E-state index contributed by atoms with van der Waals surface area (Å²) in [5.74, 6) is -1.64. The van der Waals surface area contributed by atoms with Gasteiger partial charge in [-0.3, -0.25) is 9.59 Å². The van der Waals surface area contributed by atoms with Crippen molar-refractivity contribution in [1.82, 2.24) is 5.43 Å². The van der Waals surface area contributed by atoms with Gasteiger partial charge in [-0.05, 0) is 48.4 Å². The molecule has 0 aromatic heterocycles. The lowest BCUT2D eigenvalue weighted by Crippen LogP contribution is -2.32. The van der Waals surface area contributed by atoms with Crippen molar-refractivity contribution in [1.29, 1.82) is 0 Å². The molecule has 0 atom stereocenters. The number of ether oxygens (including phenoxy) is 1. The van der Waals surface area contributed by atoms with Crippen molar-refractivity contribution in [2.24, 2.45) is 5.10 Å². The smallest absolute Gasteiger partial charge is 0.329 e.